The Labute approximate surface area is 123 Å². The van der Waals surface area contributed by atoms with Gasteiger partial charge in [0.1, 0.15) is 16.5 Å². The molecule has 106 valence electrons. The molecule has 3 nitrogen and oxygen atoms in total. The van der Waals surface area contributed by atoms with Crippen molar-refractivity contribution < 1.29 is 17.2 Å². The van der Waals surface area contributed by atoms with Gasteiger partial charge < -0.3 is 0 Å². The molecule has 0 heterocycles. The summed E-state index contributed by atoms with van der Waals surface area (Å²) in [6.45, 7) is 0.0203. The van der Waals surface area contributed by atoms with Crippen LogP contribution in [0.1, 0.15) is 5.56 Å². The smallest absolute Gasteiger partial charge is 0.207 e. The Kier molecular flexibility index (Phi) is 4.52. The molecule has 0 aromatic heterocycles. The van der Waals surface area contributed by atoms with Crippen molar-refractivity contribution in [3.8, 4) is 0 Å². The van der Waals surface area contributed by atoms with Crippen LogP contribution in [-0.4, -0.2) is 8.42 Å². The van der Waals surface area contributed by atoms with Crippen molar-refractivity contribution in [2.24, 2.45) is 0 Å². The topological polar surface area (TPSA) is 46.2 Å². The number of sulfonamides is 1. The monoisotopic (exact) mass is 361 g/mol. The number of hydrogen-bond acceptors (Lipinski definition) is 2. The Balaban J connectivity index is 2.17. The van der Waals surface area contributed by atoms with E-state index in [0.717, 1.165) is 22.2 Å². The number of hydrogen-bond donors (Lipinski definition) is 1. The van der Waals surface area contributed by atoms with Gasteiger partial charge >= 0.3 is 0 Å². The molecular weight excluding hydrogens is 352 g/mol. The maximum Gasteiger partial charge on any atom is 0.243 e. The summed E-state index contributed by atoms with van der Waals surface area (Å²) in [5, 5.41) is 0. The summed E-state index contributed by atoms with van der Waals surface area (Å²) in [5.74, 6) is -1.94. The molecule has 2 rings (SSSR count). The van der Waals surface area contributed by atoms with Crippen molar-refractivity contribution in [2.75, 3.05) is 0 Å². The summed E-state index contributed by atoms with van der Waals surface area (Å²) in [5.41, 5.74) is 0.722. The van der Waals surface area contributed by atoms with Gasteiger partial charge in [0, 0.05) is 17.1 Å². The third-order valence-electron chi connectivity index (χ3n) is 2.56. The van der Waals surface area contributed by atoms with Crippen LogP contribution in [0.3, 0.4) is 0 Å². The summed E-state index contributed by atoms with van der Waals surface area (Å²) in [6.07, 6.45) is 0. The van der Waals surface area contributed by atoms with Crippen molar-refractivity contribution in [3.05, 3.63) is 64.1 Å². The Morgan fingerprint density at radius 3 is 2.30 bits per heavy atom. The highest BCUT2D eigenvalue weighted by Gasteiger charge is 2.19. The van der Waals surface area contributed by atoms with Crippen LogP contribution in [0.4, 0.5) is 8.78 Å². The lowest BCUT2D eigenvalue weighted by molar-refractivity contribution is 0.543. The molecular formula is C13H10BrF2NO2S. The zero-order chi connectivity index (χ0) is 14.8. The minimum absolute atomic E-state index is 0.0203. The third-order valence-corrected chi connectivity index (χ3v) is 4.53. The Hall–Kier alpha value is -1.31. The number of halogens is 3. The highest BCUT2D eigenvalue weighted by molar-refractivity contribution is 9.10. The van der Waals surface area contributed by atoms with E-state index in [1.165, 1.54) is 0 Å². The first-order chi connectivity index (χ1) is 9.38. The highest BCUT2D eigenvalue weighted by Crippen LogP contribution is 2.16. The SMILES string of the molecule is O=S(=O)(NCc1ccc(Br)cc1)c1ccc(F)cc1F. The van der Waals surface area contributed by atoms with Gasteiger partial charge in [-0.15, -0.1) is 0 Å². The number of rotatable bonds is 4. The minimum Gasteiger partial charge on any atom is -0.207 e. The lowest BCUT2D eigenvalue weighted by Gasteiger charge is -2.08. The van der Waals surface area contributed by atoms with Crippen LogP contribution >= 0.6 is 15.9 Å². The van der Waals surface area contributed by atoms with Gasteiger partial charge in [-0.25, -0.2) is 21.9 Å². The highest BCUT2D eigenvalue weighted by atomic mass is 79.9. The van der Waals surface area contributed by atoms with Gasteiger partial charge in [-0.3, -0.25) is 0 Å². The zero-order valence-electron chi connectivity index (χ0n) is 10.1. The van der Waals surface area contributed by atoms with Gasteiger partial charge in [0.05, 0.1) is 0 Å². The molecule has 2 aromatic carbocycles. The fourth-order valence-corrected chi connectivity index (χ4v) is 2.89. The summed E-state index contributed by atoms with van der Waals surface area (Å²) in [7, 11) is -4.02. The second kappa shape index (κ2) is 5.99. The lowest BCUT2D eigenvalue weighted by Crippen LogP contribution is -2.24. The van der Waals surface area contributed by atoms with Crippen molar-refractivity contribution in [1.82, 2.24) is 4.72 Å². The first-order valence-electron chi connectivity index (χ1n) is 5.58. The molecule has 0 aliphatic heterocycles. The number of nitrogens with one attached hydrogen (secondary N) is 1. The predicted molar refractivity (Wildman–Crippen MR) is 74.5 cm³/mol. The molecule has 20 heavy (non-hydrogen) atoms. The zero-order valence-corrected chi connectivity index (χ0v) is 12.5. The van der Waals surface area contributed by atoms with E-state index < -0.39 is 26.6 Å². The molecule has 2 aromatic rings. The molecule has 0 amide bonds. The molecule has 0 fully saturated rings. The van der Waals surface area contributed by atoms with Crippen LogP contribution < -0.4 is 4.72 Å². The van der Waals surface area contributed by atoms with E-state index in [1.54, 1.807) is 24.3 Å². The molecule has 0 aliphatic rings. The average molecular weight is 362 g/mol. The van der Waals surface area contributed by atoms with Gasteiger partial charge in [-0.1, -0.05) is 28.1 Å². The van der Waals surface area contributed by atoms with Gasteiger partial charge in [0.2, 0.25) is 10.0 Å². The van der Waals surface area contributed by atoms with Crippen LogP contribution in [0.15, 0.2) is 51.8 Å². The van der Waals surface area contributed by atoms with E-state index in [2.05, 4.69) is 20.7 Å². The largest absolute Gasteiger partial charge is 0.243 e. The molecule has 0 unspecified atom stereocenters. The Bertz CT molecular complexity index is 718. The predicted octanol–water partition coefficient (Wildman–Crippen LogP) is 3.21. The molecule has 0 saturated carbocycles. The molecule has 0 atom stereocenters. The summed E-state index contributed by atoms with van der Waals surface area (Å²) in [4.78, 5) is -0.573. The third kappa shape index (κ3) is 3.62. The molecule has 0 aliphatic carbocycles. The van der Waals surface area contributed by atoms with Crippen molar-refractivity contribution >= 4 is 26.0 Å². The molecule has 0 saturated heterocycles. The molecule has 1 N–H and O–H groups in total. The second-order valence-corrected chi connectivity index (χ2v) is 6.68. The van der Waals surface area contributed by atoms with Crippen LogP contribution in [0.2, 0.25) is 0 Å². The number of benzene rings is 2. The summed E-state index contributed by atoms with van der Waals surface area (Å²) < 4.78 is 53.2. The quantitative estimate of drug-likeness (QED) is 0.908. The van der Waals surface area contributed by atoms with E-state index in [1.807, 2.05) is 0 Å². The van der Waals surface area contributed by atoms with Gasteiger partial charge in [0.25, 0.3) is 0 Å². The van der Waals surface area contributed by atoms with E-state index in [9.17, 15) is 17.2 Å². The van der Waals surface area contributed by atoms with Crippen LogP contribution in [0.25, 0.3) is 0 Å². The fourth-order valence-electron chi connectivity index (χ4n) is 1.55. The first-order valence-corrected chi connectivity index (χ1v) is 7.85. The Morgan fingerprint density at radius 2 is 1.70 bits per heavy atom. The van der Waals surface area contributed by atoms with Gasteiger partial charge in [-0.2, -0.15) is 0 Å². The van der Waals surface area contributed by atoms with Crippen LogP contribution in [0, 0.1) is 11.6 Å². The summed E-state index contributed by atoms with van der Waals surface area (Å²) >= 11 is 3.27. The van der Waals surface area contributed by atoms with Gasteiger partial charge in [-0.05, 0) is 29.8 Å². The van der Waals surface area contributed by atoms with E-state index in [-0.39, 0.29) is 6.54 Å². The van der Waals surface area contributed by atoms with Gasteiger partial charge in [0.15, 0.2) is 0 Å². The average Bonchev–Trinajstić information content (AvgIpc) is 2.37. The second-order valence-electron chi connectivity index (χ2n) is 4.03. The standard InChI is InChI=1S/C13H10BrF2NO2S/c14-10-3-1-9(2-4-10)8-17-20(18,19)13-6-5-11(15)7-12(13)16/h1-7,17H,8H2. The van der Waals surface area contributed by atoms with Crippen LogP contribution in [-0.2, 0) is 16.6 Å². The minimum atomic E-state index is -4.02. The van der Waals surface area contributed by atoms with Crippen molar-refractivity contribution in [1.29, 1.82) is 0 Å². The lowest BCUT2D eigenvalue weighted by atomic mass is 10.2. The molecule has 0 spiro atoms. The van der Waals surface area contributed by atoms with E-state index in [0.29, 0.717) is 6.07 Å². The maximum atomic E-state index is 13.5. The van der Waals surface area contributed by atoms with Crippen molar-refractivity contribution in [2.45, 2.75) is 11.4 Å². The molecule has 7 heteroatoms. The maximum absolute atomic E-state index is 13.5. The molecule has 0 bridgehead atoms. The van der Waals surface area contributed by atoms with E-state index >= 15 is 0 Å². The van der Waals surface area contributed by atoms with E-state index in [4.69, 9.17) is 0 Å². The van der Waals surface area contributed by atoms with Crippen molar-refractivity contribution in [3.63, 3.8) is 0 Å². The van der Waals surface area contributed by atoms with Crippen LogP contribution in [0.5, 0.6) is 0 Å². The first kappa shape index (κ1) is 15.1. The fraction of sp³-hybridized carbons (Fsp3) is 0.0769. The molecule has 0 radical (unpaired) electrons. The Morgan fingerprint density at radius 1 is 1.05 bits per heavy atom. The normalized spacial score (nSPS) is 11.6. The summed E-state index contributed by atoms with van der Waals surface area (Å²) in [6, 6.07) is 9.32.